The van der Waals surface area contributed by atoms with Gasteiger partial charge in [0.25, 0.3) is 5.56 Å². The molecule has 0 spiro atoms. The lowest BCUT2D eigenvalue weighted by Gasteiger charge is -2.09. The number of hydrogen-bond donors (Lipinski definition) is 1. The second-order valence-electron chi connectivity index (χ2n) is 5.79. The number of H-pyrrole nitrogens is 1. The summed E-state index contributed by atoms with van der Waals surface area (Å²) in [5, 5.41) is 8.53. The van der Waals surface area contributed by atoms with Crippen molar-refractivity contribution in [1.82, 2.24) is 34.1 Å². The van der Waals surface area contributed by atoms with Crippen LogP contribution in [0.1, 0.15) is 26.2 Å². The third-order valence-electron chi connectivity index (χ3n) is 4.14. The highest BCUT2D eigenvalue weighted by Gasteiger charge is 2.19. The molecule has 0 fully saturated rings. The van der Waals surface area contributed by atoms with E-state index in [-0.39, 0.29) is 5.56 Å². The number of imidazole rings is 1. The lowest BCUT2D eigenvalue weighted by Crippen LogP contribution is -2.20. The fraction of sp³-hybridized carbons (Fsp3) is 0.312. The van der Waals surface area contributed by atoms with E-state index in [9.17, 15) is 4.79 Å². The van der Waals surface area contributed by atoms with E-state index in [1.165, 1.54) is 4.40 Å². The van der Waals surface area contributed by atoms with Gasteiger partial charge in [-0.1, -0.05) is 19.8 Å². The van der Waals surface area contributed by atoms with Crippen molar-refractivity contribution >= 4 is 32.9 Å². The Bertz CT molecular complexity index is 1100. The minimum Gasteiger partial charge on any atom is -0.327 e. The number of unbranched alkanes of at least 4 members (excludes halogenated alkanes) is 2. The molecule has 0 saturated carbocycles. The van der Waals surface area contributed by atoms with Crippen LogP contribution in [0.3, 0.4) is 0 Å². The van der Waals surface area contributed by atoms with Gasteiger partial charge < -0.3 is 4.98 Å². The maximum atomic E-state index is 13.0. The molecule has 0 atom stereocenters. The first-order chi connectivity index (χ1) is 12.2. The van der Waals surface area contributed by atoms with E-state index in [0.717, 1.165) is 31.4 Å². The highest BCUT2D eigenvalue weighted by Crippen LogP contribution is 2.20. The van der Waals surface area contributed by atoms with Crippen LogP contribution in [0.2, 0.25) is 0 Å². The minimum absolute atomic E-state index is 0.216. The average Bonchev–Trinajstić information content (AvgIpc) is 3.23. The van der Waals surface area contributed by atoms with Crippen molar-refractivity contribution in [3.63, 3.8) is 0 Å². The van der Waals surface area contributed by atoms with Crippen LogP contribution in [-0.2, 0) is 6.54 Å². The molecule has 25 heavy (non-hydrogen) atoms. The fourth-order valence-electron chi connectivity index (χ4n) is 2.94. The third-order valence-corrected chi connectivity index (χ3v) is 4.52. The maximum Gasteiger partial charge on any atom is 0.286 e. The average molecular weight is 402 g/mol. The molecule has 0 amide bonds. The van der Waals surface area contributed by atoms with Gasteiger partial charge in [0.15, 0.2) is 21.7 Å². The molecule has 0 saturated heterocycles. The maximum absolute atomic E-state index is 13.0. The minimum atomic E-state index is -0.216. The fourth-order valence-corrected chi connectivity index (χ4v) is 3.30. The first kappa shape index (κ1) is 15.9. The Morgan fingerprint density at radius 2 is 2.00 bits per heavy atom. The number of aryl methyl sites for hydroxylation is 1. The van der Waals surface area contributed by atoms with Gasteiger partial charge >= 0.3 is 0 Å². The molecule has 0 radical (unpaired) electrons. The lowest BCUT2D eigenvalue weighted by atomic mass is 10.2. The van der Waals surface area contributed by atoms with Crippen LogP contribution in [0.4, 0.5) is 0 Å². The van der Waals surface area contributed by atoms with Crippen molar-refractivity contribution in [3.05, 3.63) is 39.6 Å². The second-order valence-corrected chi connectivity index (χ2v) is 6.54. The molecule has 4 aromatic rings. The van der Waals surface area contributed by atoms with Crippen LogP contribution in [-0.4, -0.2) is 34.1 Å². The molecule has 0 aliphatic rings. The van der Waals surface area contributed by atoms with Crippen LogP contribution >= 0.6 is 15.9 Å². The zero-order chi connectivity index (χ0) is 17.4. The summed E-state index contributed by atoms with van der Waals surface area (Å²) < 4.78 is 4.01. The second kappa shape index (κ2) is 6.40. The highest BCUT2D eigenvalue weighted by molar-refractivity contribution is 9.10. The van der Waals surface area contributed by atoms with Crippen LogP contribution in [0.5, 0.6) is 0 Å². The van der Waals surface area contributed by atoms with Crippen molar-refractivity contribution in [2.75, 3.05) is 0 Å². The first-order valence-electron chi connectivity index (χ1n) is 8.14. The van der Waals surface area contributed by atoms with Crippen LogP contribution in [0, 0.1) is 0 Å². The van der Waals surface area contributed by atoms with E-state index in [1.54, 1.807) is 12.4 Å². The van der Waals surface area contributed by atoms with Gasteiger partial charge in [0, 0.05) is 24.5 Å². The number of fused-ring (bicyclic) bond motifs is 2. The summed E-state index contributed by atoms with van der Waals surface area (Å²) in [6.07, 6.45) is 6.52. The van der Waals surface area contributed by atoms with Crippen molar-refractivity contribution in [1.29, 1.82) is 0 Å². The van der Waals surface area contributed by atoms with E-state index in [1.807, 2.05) is 16.7 Å². The first-order valence-corrected chi connectivity index (χ1v) is 8.93. The predicted octanol–water partition coefficient (Wildman–Crippen LogP) is 2.78. The molecular formula is C16H16BrN7O. The number of hydrogen-bond acceptors (Lipinski definition) is 5. The zero-order valence-corrected chi connectivity index (χ0v) is 15.2. The van der Waals surface area contributed by atoms with E-state index >= 15 is 0 Å². The monoisotopic (exact) mass is 401 g/mol. The summed E-state index contributed by atoms with van der Waals surface area (Å²) in [4.78, 5) is 24.4. The summed E-state index contributed by atoms with van der Waals surface area (Å²) in [6, 6.07) is 3.62. The van der Waals surface area contributed by atoms with Crippen molar-refractivity contribution in [2.45, 2.75) is 32.7 Å². The van der Waals surface area contributed by atoms with E-state index in [2.05, 4.69) is 48.0 Å². The Morgan fingerprint density at radius 3 is 2.76 bits per heavy atom. The number of aromatic amines is 1. The molecule has 4 rings (SSSR count). The summed E-state index contributed by atoms with van der Waals surface area (Å²) in [5.41, 5.74) is 1.60. The Kier molecular flexibility index (Phi) is 4.08. The Balaban J connectivity index is 2.02. The van der Waals surface area contributed by atoms with Crippen LogP contribution in [0.25, 0.3) is 28.3 Å². The topological polar surface area (TPSA) is 93.8 Å². The number of halogens is 1. The standard InChI is InChI=1S/C16H16BrN7O/c1-2-3-4-9-23-13-11(19-15(17)20-13)14(25)24-12(21-22-16(23)24)10-5-7-18-8-6-10/h5-8H,2-4,9H2,1H3,(H,19,20). The summed E-state index contributed by atoms with van der Waals surface area (Å²) >= 11 is 3.33. The van der Waals surface area contributed by atoms with Gasteiger partial charge in [0.1, 0.15) is 0 Å². The van der Waals surface area contributed by atoms with Gasteiger partial charge in [0.2, 0.25) is 5.78 Å². The Morgan fingerprint density at radius 1 is 1.20 bits per heavy atom. The van der Waals surface area contributed by atoms with Gasteiger partial charge in [-0.2, -0.15) is 0 Å². The van der Waals surface area contributed by atoms with Gasteiger partial charge in [-0.3, -0.25) is 14.3 Å². The molecule has 0 unspecified atom stereocenters. The SMILES string of the molecule is CCCCCn1c2nc(Br)[nH]c2c(=O)n2c(-c3ccncc3)nnc12. The van der Waals surface area contributed by atoms with Crippen LogP contribution < -0.4 is 5.56 Å². The molecule has 9 heteroatoms. The van der Waals surface area contributed by atoms with E-state index < -0.39 is 0 Å². The summed E-state index contributed by atoms with van der Waals surface area (Å²) in [5.74, 6) is 0.999. The number of aromatic nitrogens is 7. The molecule has 0 aliphatic heterocycles. The third kappa shape index (κ3) is 2.64. The lowest BCUT2D eigenvalue weighted by molar-refractivity contribution is 0.612. The zero-order valence-electron chi connectivity index (χ0n) is 13.6. The molecule has 8 nitrogen and oxygen atoms in total. The predicted molar refractivity (Wildman–Crippen MR) is 97.4 cm³/mol. The molecule has 4 heterocycles. The number of pyridine rings is 1. The summed E-state index contributed by atoms with van der Waals surface area (Å²) in [7, 11) is 0. The van der Waals surface area contributed by atoms with Gasteiger partial charge in [0.05, 0.1) is 0 Å². The van der Waals surface area contributed by atoms with Gasteiger partial charge in [-0.25, -0.2) is 9.38 Å². The number of nitrogens with zero attached hydrogens (tertiary/aromatic N) is 6. The molecule has 0 aliphatic carbocycles. The molecular weight excluding hydrogens is 386 g/mol. The van der Waals surface area contributed by atoms with E-state index in [0.29, 0.717) is 27.5 Å². The number of nitrogens with one attached hydrogen (secondary N) is 1. The van der Waals surface area contributed by atoms with Gasteiger partial charge in [-0.05, 0) is 34.5 Å². The molecule has 0 bridgehead atoms. The van der Waals surface area contributed by atoms with Gasteiger partial charge in [-0.15, -0.1) is 10.2 Å². The van der Waals surface area contributed by atoms with Crippen molar-refractivity contribution in [3.8, 4) is 11.4 Å². The normalized spacial score (nSPS) is 11.6. The quantitative estimate of drug-likeness (QED) is 0.409. The van der Waals surface area contributed by atoms with E-state index in [4.69, 9.17) is 0 Å². The van der Waals surface area contributed by atoms with Crippen molar-refractivity contribution in [2.24, 2.45) is 0 Å². The molecule has 128 valence electrons. The molecule has 4 aromatic heterocycles. The smallest absolute Gasteiger partial charge is 0.286 e. The summed E-state index contributed by atoms with van der Waals surface area (Å²) in [6.45, 7) is 2.88. The molecule has 0 aromatic carbocycles. The number of rotatable bonds is 5. The van der Waals surface area contributed by atoms with Crippen LogP contribution in [0.15, 0.2) is 34.1 Å². The molecule has 1 N–H and O–H groups in total. The Hall–Kier alpha value is -2.55. The van der Waals surface area contributed by atoms with Crippen molar-refractivity contribution < 1.29 is 0 Å². The highest BCUT2D eigenvalue weighted by atomic mass is 79.9. The Labute approximate surface area is 151 Å². The largest absolute Gasteiger partial charge is 0.327 e.